The lowest BCUT2D eigenvalue weighted by Gasteiger charge is -2.18. The van der Waals surface area contributed by atoms with Crippen LogP contribution < -0.4 is 20.1 Å². The minimum absolute atomic E-state index is 0.0755. The number of rotatable bonds is 5. The average molecular weight is 381 g/mol. The first-order chi connectivity index (χ1) is 13.2. The lowest BCUT2D eigenvalue weighted by molar-refractivity contribution is 0.174. The van der Waals surface area contributed by atoms with E-state index in [1.54, 1.807) is 11.0 Å². The van der Waals surface area contributed by atoms with Gasteiger partial charge in [-0.1, -0.05) is 18.2 Å². The molecule has 0 saturated carbocycles. The predicted molar refractivity (Wildman–Crippen MR) is 105 cm³/mol. The molecule has 1 aromatic heterocycles. The summed E-state index contributed by atoms with van der Waals surface area (Å²) in [6.07, 6.45) is 3.19. The molecule has 7 nitrogen and oxygen atoms in total. The summed E-state index contributed by atoms with van der Waals surface area (Å²) in [4.78, 5) is 3.96. The van der Waals surface area contributed by atoms with E-state index in [-0.39, 0.29) is 12.8 Å². The summed E-state index contributed by atoms with van der Waals surface area (Å²) in [6.45, 7) is 2.96. The molecule has 27 heavy (non-hydrogen) atoms. The van der Waals surface area contributed by atoms with E-state index in [4.69, 9.17) is 21.7 Å². The van der Waals surface area contributed by atoms with Crippen molar-refractivity contribution in [3.63, 3.8) is 0 Å². The van der Waals surface area contributed by atoms with E-state index in [1.807, 2.05) is 30.3 Å². The molecule has 2 aromatic carbocycles. The molecular weight excluding hydrogens is 362 g/mol. The zero-order valence-corrected chi connectivity index (χ0v) is 15.6. The van der Waals surface area contributed by atoms with Gasteiger partial charge < -0.3 is 20.1 Å². The Morgan fingerprint density at radius 3 is 2.78 bits per heavy atom. The van der Waals surface area contributed by atoms with E-state index < -0.39 is 0 Å². The van der Waals surface area contributed by atoms with Gasteiger partial charge in [-0.15, -0.1) is 0 Å². The van der Waals surface area contributed by atoms with Gasteiger partial charge in [0.25, 0.3) is 0 Å². The van der Waals surface area contributed by atoms with Gasteiger partial charge in [0.1, 0.15) is 12.7 Å². The van der Waals surface area contributed by atoms with Crippen molar-refractivity contribution < 1.29 is 9.47 Å². The number of nitrogens with one attached hydrogen (secondary N) is 2. The van der Waals surface area contributed by atoms with Gasteiger partial charge >= 0.3 is 0 Å². The van der Waals surface area contributed by atoms with Gasteiger partial charge in [-0.25, -0.2) is 9.67 Å². The van der Waals surface area contributed by atoms with E-state index in [9.17, 15) is 0 Å². The summed E-state index contributed by atoms with van der Waals surface area (Å²) >= 11 is 5.42. The van der Waals surface area contributed by atoms with Gasteiger partial charge in [-0.3, -0.25) is 0 Å². The third-order valence-corrected chi connectivity index (χ3v) is 4.58. The highest BCUT2D eigenvalue weighted by Gasteiger charge is 2.13. The Hall–Kier alpha value is -3.13. The van der Waals surface area contributed by atoms with Crippen molar-refractivity contribution in [1.82, 2.24) is 25.4 Å². The molecule has 0 spiro atoms. The molecule has 0 amide bonds. The molecule has 1 atom stereocenters. The molecule has 2 N–H and O–H groups in total. The molecule has 0 radical (unpaired) electrons. The highest BCUT2D eigenvalue weighted by atomic mass is 32.1. The Labute approximate surface area is 162 Å². The third kappa shape index (κ3) is 4.01. The van der Waals surface area contributed by atoms with Crippen molar-refractivity contribution in [2.75, 3.05) is 6.79 Å². The first-order valence-corrected chi connectivity index (χ1v) is 8.98. The quantitative estimate of drug-likeness (QED) is 0.658. The average Bonchev–Trinajstić information content (AvgIpc) is 3.38. The number of aromatic nitrogens is 3. The molecule has 8 heteroatoms. The maximum Gasteiger partial charge on any atom is 0.231 e. The van der Waals surface area contributed by atoms with Crippen LogP contribution in [0.1, 0.15) is 24.1 Å². The number of fused-ring (bicyclic) bond motifs is 1. The fraction of sp³-hybridized carbons (Fsp3) is 0.211. The second kappa shape index (κ2) is 7.63. The van der Waals surface area contributed by atoms with Crippen LogP contribution in [-0.2, 0) is 6.54 Å². The highest BCUT2D eigenvalue weighted by molar-refractivity contribution is 7.80. The summed E-state index contributed by atoms with van der Waals surface area (Å²) in [6, 6.07) is 14.1. The fourth-order valence-corrected chi connectivity index (χ4v) is 3.07. The number of benzene rings is 2. The molecule has 138 valence electrons. The lowest BCUT2D eigenvalue weighted by Crippen LogP contribution is -2.36. The topological polar surface area (TPSA) is 73.2 Å². The lowest BCUT2D eigenvalue weighted by atomic mass is 10.1. The van der Waals surface area contributed by atoms with Gasteiger partial charge in [0, 0.05) is 6.54 Å². The maximum atomic E-state index is 5.42. The Morgan fingerprint density at radius 2 is 2.00 bits per heavy atom. The molecular formula is C19H19N5O2S. The minimum Gasteiger partial charge on any atom is -0.454 e. The first-order valence-electron chi connectivity index (χ1n) is 8.57. The smallest absolute Gasteiger partial charge is 0.231 e. The van der Waals surface area contributed by atoms with E-state index in [0.29, 0.717) is 11.7 Å². The molecule has 4 rings (SSSR count). The zero-order valence-electron chi connectivity index (χ0n) is 14.8. The van der Waals surface area contributed by atoms with Crippen molar-refractivity contribution in [1.29, 1.82) is 0 Å². The minimum atomic E-state index is 0.0755. The second-order valence-electron chi connectivity index (χ2n) is 6.17. The summed E-state index contributed by atoms with van der Waals surface area (Å²) in [5.41, 5.74) is 3.17. The van der Waals surface area contributed by atoms with Crippen LogP contribution >= 0.6 is 12.2 Å². The molecule has 0 unspecified atom stereocenters. The van der Waals surface area contributed by atoms with Crippen LogP contribution in [0.5, 0.6) is 11.5 Å². The zero-order chi connectivity index (χ0) is 18.6. The van der Waals surface area contributed by atoms with Crippen LogP contribution in [0, 0.1) is 0 Å². The molecule has 2 heterocycles. The van der Waals surface area contributed by atoms with Crippen LogP contribution in [0.2, 0.25) is 0 Å². The molecule has 0 bridgehead atoms. The fourth-order valence-electron chi connectivity index (χ4n) is 2.82. The maximum absolute atomic E-state index is 5.42. The molecule has 3 aromatic rings. The van der Waals surface area contributed by atoms with E-state index in [0.717, 1.165) is 28.3 Å². The van der Waals surface area contributed by atoms with Crippen LogP contribution in [0.25, 0.3) is 5.69 Å². The van der Waals surface area contributed by atoms with Crippen molar-refractivity contribution in [3.8, 4) is 17.2 Å². The SMILES string of the molecule is C[C@@H](NC(=S)NCc1ccc2c(c1)OCO2)c1ccc(-n2cncn2)cc1. The first kappa shape index (κ1) is 17.3. The highest BCUT2D eigenvalue weighted by Crippen LogP contribution is 2.32. The second-order valence-corrected chi connectivity index (χ2v) is 6.58. The van der Waals surface area contributed by atoms with Crippen molar-refractivity contribution in [2.45, 2.75) is 19.5 Å². The summed E-state index contributed by atoms with van der Waals surface area (Å²) in [5.74, 6) is 1.55. The number of ether oxygens (including phenoxy) is 2. The Morgan fingerprint density at radius 1 is 1.19 bits per heavy atom. The number of nitrogens with zero attached hydrogens (tertiary/aromatic N) is 3. The summed E-state index contributed by atoms with van der Waals surface area (Å²) in [5, 5.41) is 11.3. The standard InChI is InChI=1S/C19H19N5O2S/c1-13(15-3-5-16(6-4-15)24-11-20-10-22-24)23-19(27)21-9-14-2-7-17-18(8-14)26-12-25-17/h2-8,10-11,13H,9,12H2,1H3,(H2,21,23,27)/t13-/m1/s1. The van der Waals surface area contributed by atoms with Crippen molar-refractivity contribution in [3.05, 3.63) is 66.2 Å². The Kier molecular flexibility index (Phi) is 4.88. The predicted octanol–water partition coefficient (Wildman–Crippen LogP) is 2.72. The van der Waals surface area contributed by atoms with Crippen molar-refractivity contribution >= 4 is 17.3 Å². The number of hydrogen-bond donors (Lipinski definition) is 2. The normalized spacial score (nSPS) is 13.2. The number of hydrogen-bond acceptors (Lipinski definition) is 5. The molecule has 0 saturated heterocycles. The Bertz CT molecular complexity index is 928. The number of thiocarbonyl (C=S) groups is 1. The van der Waals surface area contributed by atoms with Crippen molar-refractivity contribution in [2.24, 2.45) is 0 Å². The third-order valence-electron chi connectivity index (χ3n) is 4.31. The molecule has 0 aliphatic carbocycles. The molecule has 0 fully saturated rings. The van der Waals surface area contributed by atoms with E-state index >= 15 is 0 Å². The van der Waals surface area contributed by atoms with Gasteiger partial charge in [-0.2, -0.15) is 5.10 Å². The summed E-state index contributed by atoms with van der Waals surface area (Å²) in [7, 11) is 0. The van der Waals surface area contributed by atoms with Crippen LogP contribution in [-0.4, -0.2) is 26.7 Å². The van der Waals surface area contributed by atoms with Gasteiger partial charge in [0.15, 0.2) is 16.6 Å². The van der Waals surface area contributed by atoms with Gasteiger partial charge in [-0.05, 0) is 54.5 Å². The largest absolute Gasteiger partial charge is 0.454 e. The van der Waals surface area contributed by atoms with Gasteiger partial charge in [0.2, 0.25) is 6.79 Å². The van der Waals surface area contributed by atoms with Gasteiger partial charge in [0.05, 0.1) is 11.7 Å². The monoisotopic (exact) mass is 381 g/mol. The molecule has 1 aliphatic rings. The van der Waals surface area contributed by atoms with Crippen LogP contribution in [0.4, 0.5) is 0 Å². The Balaban J connectivity index is 1.31. The van der Waals surface area contributed by atoms with E-state index in [1.165, 1.54) is 6.33 Å². The van der Waals surface area contributed by atoms with E-state index in [2.05, 4.69) is 39.8 Å². The molecule has 1 aliphatic heterocycles. The van der Waals surface area contributed by atoms with Crippen LogP contribution in [0.15, 0.2) is 55.1 Å². The summed E-state index contributed by atoms with van der Waals surface area (Å²) < 4.78 is 12.4. The van der Waals surface area contributed by atoms with Crippen LogP contribution in [0.3, 0.4) is 0 Å².